The van der Waals surface area contributed by atoms with Crippen molar-refractivity contribution in [1.82, 2.24) is 10.2 Å². The van der Waals surface area contributed by atoms with Crippen molar-refractivity contribution in [2.45, 2.75) is 43.6 Å². The number of amides is 1. The van der Waals surface area contributed by atoms with Crippen LogP contribution in [0.1, 0.15) is 27.2 Å². The van der Waals surface area contributed by atoms with Crippen LogP contribution in [0.2, 0.25) is 0 Å². The lowest BCUT2D eigenvalue weighted by molar-refractivity contribution is 0.00393. The predicted molar refractivity (Wildman–Crippen MR) is 70.5 cm³/mol. The lowest BCUT2D eigenvalue weighted by Crippen LogP contribution is -2.61. The molecule has 2 fully saturated rings. The van der Waals surface area contributed by atoms with E-state index in [1.54, 1.807) is 0 Å². The molecular formula is C12H22N2O2S. The van der Waals surface area contributed by atoms with E-state index in [1.807, 2.05) is 44.5 Å². The topological polar surface area (TPSA) is 41.6 Å². The van der Waals surface area contributed by atoms with Crippen molar-refractivity contribution in [3.8, 4) is 0 Å². The third-order valence-electron chi connectivity index (χ3n) is 3.23. The zero-order chi connectivity index (χ0) is 12.7. The van der Waals surface area contributed by atoms with Gasteiger partial charge in [0.05, 0.1) is 4.75 Å². The van der Waals surface area contributed by atoms with E-state index in [-0.39, 0.29) is 6.09 Å². The Morgan fingerprint density at radius 2 is 2.12 bits per heavy atom. The second-order valence-electron chi connectivity index (χ2n) is 6.02. The number of hydrogen-bond donors (Lipinski definition) is 1. The molecule has 17 heavy (non-hydrogen) atoms. The fourth-order valence-electron chi connectivity index (χ4n) is 2.35. The Hall–Kier alpha value is -0.420. The summed E-state index contributed by atoms with van der Waals surface area (Å²) in [6.07, 6.45) is 0.990. The van der Waals surface area contributed by atoms with Crippen LogP contribution < -0.4 is 5.32 Å². The van der Waals surface area contributed by atoms with Crippen molar-refractivity contribution in [2.75, 3.05) is 25.9 Å². The molecule has 4 nitrogen and oxygen atoms in total. The number of rotatable bonds is 1. The van der Waals surface area contributed by atoms with Gasteiger partial charge >= 0.3 is 6.09 Å². The summed E-state index contributed by atoms with van der Waals surface area (Å²) in [5.41, 5.74) is -0.393. The third-order valence-corrected chi connectivity index (χ3v) is 4.83. The van der Waals surface area contributed by atoms with Crippen molar-refractivity contribution < 1.29 is 9.53 Å². The molecule has 1 N–H and O–H groups in total. The van der Waals surface area contributed by atoms with Crippen LogP contribution in [-0.2, 0) is 4.74 Å². The van der Waals surface area contributed by atoms with Crippen LogP contribution in [0.15, 0.2) is 0 Å². The Balaban J connectivity index is 1.81. The molecule has 1 atom stereocenters. The summed E-state index contributed by atoms with van der Waals surface area (Å²) < 4.78 is 5.66. The minimum atomic E-state index is -0.393. The van der Waals surface area contributed by atoms with Gasteiger partial charge in [0.2, 0.25) is 0 Å². The van der Waals surface area contributed by atoms with Crippen LogP contribution in [0.5, 0.6) is 0 Å². The van der Waals surface area contributed by atoms with E-state index in [9.17, 15) is 4.79 Å². The van der Waals surface area contributed by atoms with Gasteiger partial charge in [-0.3, -0.25) is 0 Å². The van der Waals surface area contributed by atoms with E-state index in [1.165, 1.54) is 0 Å². The van der Waals surface area contributed by atoms with E-state index in [4.69, 9.17) is 4.74 Å². The van der Waals surface area contributed by atoms with Crippen molar-refractivity contribution in [1.29, 1.82) is 0 Å². The van der Waals surface area contributed by atoms with Crippen molar-refractivity contribution in [2.24, 2.45) is 0 Å². The van der Waals surface area contributed by atoms with E-state index in [2.05, 4.69) is 5.32 Å². The van der Waals surface area contributed by atoms with Crippen molar-refractivity contribution in [3.05, 3.63) is 0 Å². The quantitative estimate of drug-likeness (QED) is 0.777. The van der Waals surface area contributed by atoms with E-state index in [0.717, 1.165) is 25.3 Å². The molecule has 0 aromatic carbocycles. The van der Waals surface area contributed by atoms with Gasteiger partial charge in [-0.25, -0.2) is 4.79 Å². The van der Waals surface area contributed by atoms with Gasteiger partial charge in [0, 0.05) is 24.9 Å². The van der Waals surface area contributed by atoms with Gasteiger partial charge in [-0.05, 0) is 34.2 Å². The number of ether oxygens (including phenoxy) is 1. The first kappa shape index (κ1) is 13.0. The largest absolute Gasteiger partial charge is 0.444 e. The molecule has 2 saturated heterocycles. The molecular weight excluding hydrogens is 236 g/mol. The van der Waals surface area contributed by atoms with Gasteiger partial charge in [0.1, 0.15) is 5.60 Å². The molecule has 0 aromatic rings. The van der Waals surface area contributed by atoms with Crippen molar-refractivity contribution >= 4 is 17.9 Å². The van der Waals surface area contributed by atoms with Crippen LogP contribution >= 0.6 is 11.8 Å². The number of nitrogens with zero attached hydrogens (tertiary/aromatic N) is 1. The van der Waals surface area contributed by atoms with Gasteiger partial charge in [0.25, 0.3) is 0 Å². The van der Waals surface area contributed by atoms with Gasteiger partial charge in [-0.15, -0.1) is 11.8 Å². The molecule has 0 aromatic heterocycles. The molecule has 98 valence electrons. The molecule has 5 heteroatoms. The van der Waals surface area contributed by atoms with E-state index < -0.39 is 5.60 Å². The highest BCUT2D eigenvalue weighted by molar-refractivity contribution is 8.01. The Morgan fingerprint density at radius 1 is 1.47 bits per heavy atom. The molecule has 0 saturated carbocycles. The zero-order valence-electron chi connectivity index (χ0n) is 11.1. The Labute approximate surface area is 107 Å². The summed E-state index contributed by atoms with van der Waals surface area (Å²) in [5.74, 6) is 1.15. The average molecular weight is 258 g/mol. The fraction of sp³-hybridized carbons (Fsp3) is 0.917. The Morgan fingerprint density at radius 3 is 2.59 bits per heavy atom. The number of hydrogen-bond acceptors (Lipinski definition) is 4. The minimum absolute atomic E-state index is 0.170. The number of carbonyl (C=O) groups excluding carboxylic acids is 1. The number of thioether (sulfide) groups is 1. The first-order valence-corrected chi connectivity index (χ1v) is 7.11. The Bertz CT molecular complexity index is 308. The zero-order valence-corrected chi connectivity index (χ0v) is 11.9. The predicted octanol–water partition coefficient (Wildman–Crippen LogP) is 1.70. The smallest absolute Gasteiger partial charge is 0.410 e. The highest BCUT2D eigenvalue weighted by Crippen LogP contribution is 2.45. The lowest BCUT2D eigenvalue weighted by atomic mass is 9.92. The average Bonchev–Trinajstić information content (AvgIpc) is 2.56. The van der Waals surface area contributed by atoms with Gasteiger partial charge < -0.3 is 15.0 Å². The standard InChI is InChI=1S/C12H22N2O2S/c1-11(2,3)16-10(15)14-7-12(8-14)5-9(13-4)6-17-12/h9,13H,5-8H2,1-4H3/t9-/m1/s1. The van der Waals surface area contributed by atoms with Gasteiger partial charge in [-0.2, -0.15) is 0 Å². The number of likely N-dealkylation sites (tertiary alicyclic amines) is 1. The maximum absolute atomic E-state index is 11.8. The van der Waals surface area contributed by atoms with Crippen LogP contribution in [0.4, 0.5) is 4.79 Å². The molecule has 0 radical (unpaired) electrons. The summed E-state index contributed by atoms with van der Waals surface area (Å²) in [4.78, 5) is 13.6. The van der Waals surface area contributed by atoms with Gasteiger partial charge in [-0.1, -0.05) is 0 Å². The SMILES string of the molecule is CN[C@H]1CSC2(C1)CN(C(=O)OC(C)(C)C)C2. The molecule has 2 aliphatic rings. The lowest BCUT2D eigenvalue weighted by Gasteiger charge is -2.47. The van der Waals surface area contributed by atoms with Crippen LogP contribution in [0, 0.1) is 0 Å². The highest BCUT2D eigenvalue weighted by atomic mass is 32.2. The molecule has 1 spiro atoms. The molecule has 0 bridgehead atoms. The summed E-state index contributed by atoms with van der Waals surface area (Å²) in [5, 5.41) is 3.31. The Kier molecular flexibility index (Phi) is 3.34. The van der Waals surface area contributed by atoms with Crippen LogP contribution in [0.25, 0.3) is 0 Å². The van der Waals surface area contributed by atoms with Gasteiger partial charge in [0.15, 0.2) is 0 Å². The fourth-order valence-corrected chi connectivity index (χ4v) is 4.01. The second-order valence-corrected chi connectivity index (χ2v) is 7.51. The second kappa shape index (κ2) is 4.35. The van der Waals surface area contributed by atoms with E-state index in [0.29, 0.717) is 10.8 Å². The normalized spacial score (nSPS) is 27.1. The monoisotopic (exact) mass is 258 g/mol. The third kappa shape index (κ3) is 2.88. The minimum Gasteiger partial charge on any atom is -0.444 e. The number of carbonyl (C=O) groups is 1. The van der Waals surface area contributed by atoms with Crippen molar-refractivity contribution in [3.63, 3.8) is 0 Å². The summed E-state index contributed by atoms with van der Waals surface area (Å²) >= 11 is 1.99. The number of nitrogens with one attached hydrogen (secondary N) is 1. The van der Waals surface area contributed by atoms with E-state index >= 15 is 0 Å². The summed E-state index contributed by atoms with van der Waals surface area (Å²) in [7, 11) is 2.01. The van der Waals surface area contributed by atoms with Crippen LogP contribution in [-0.4, -0.2) is 53.3 Å². The molecule has 1 amide bonds. The first-order valence-electron chi connectivity index (χ1n) is 6.13. The molecule has 2 aliphatic heterocycles. The maximum Gasteiger partial charge on any atom is 0.410 e. The maximum atomic E-state index is 11.8. The molecule has 2 heterocycles. The highest BCUT2D eigenvalue weighted by Gasteiger charge is 2.51. The molecule has 0 aliphatic carbocycles. The molecule has 0 unspecified atom stereocenters. The molecule has 2 rings (SSSR count). The first-order chi connectivity index (χ1) is 7.84. The van der Waals surface area contributed by atoms with Crippen LogP contribution in [0.3, 0.4) is 0 Å². The summed E-state index contributed by atoms with van der Waals surface area (Å²) in [6.45, 7) is 7.39. The summed E-state index contributed by atoms with van der Waals surface area (Å²) in [6, 6.07) is 0.598.